The zero-order valence-corrected chi connectivity index (χ0v) is 16.7. The summed E-state index contributed by atoms with van der Waals surface area (Å²) in [6.45, 7) is 4.95. The minimum absolute atomic E-state index is 0.557. The summed E-state index contributed by atoms with van der Waals surface area (Å²) in [4.78, 5) is 9.36. The Kier molecular flexibility index (Phi) is 5.69. The molecule has 4 rings (SSSR count). The van der Waals surface area contributed by atoms with Crippen LogP contribution in [0.5, 0.6) is 0 Å². The number of benzene rings is 1. The van der Waals surface area contributed by atoms with Crippen molar-refractivity contribution in [1.82, 2.24) is 40.4 Å². The van der Waals surface area contributed by atoms with Gasteiger partial charge in [0.1, 0.15) is 5.82 Å². The van der Waals surface area contributed by atoms with Crippen molar-refractivity contribution in [2.75, 3.05) is 0 Å². The van der Waals surface area contributed by atoms with Crippen LogP contribution < -0.4 is 0 Å². The van der Waals surface area contributed by atoms with E-state index in [0.29, 0.717) is 12.4 Å². The smallest absolute Gasteiger partial charge is 0.205 e. The second-order valence-electron chi connectivity index (χ2n) is 6.89. The molecule has 0 aliphatic heterocycles. The Balaban J connectivity index is 1.58. The number of nitrogens with zero attached hydrogens (tertiary/aromatic N) is 7. The van der Waals surface area contributed by atoms with E-state index in [-0.39, 0.29) is 0 Å². The van der Waals surface area contributed by atoms with Crippen LogP contribution in [0.3, 0.4) is 0 Å². The van der Waals surface area contributed by atoms with Gasteiger partial charge in [-0.1, -0.05) is 50.6 Å². The van der Waals surface area contributed by atoms with Crippen LogP contribution in [0.15, 0.2) is 42.6 Å². The van der Waals surface area contributed by atoms with Gasteiger partial charge in [-0.25, -0.2) is 9.67 Å². The number of aryl methyl sites for hydroxylation is 2. The second kappa shape index (κ2) is 8.72. The molecule has 0 aliphatic carbocycles. The summed E-state index contributed by atoms with van der Waals surface area (Å²) in [7, 11) is 0. The number of hydrogen-bond acceptors (Lipinski definition) is 6. The van der Waals surface area contributed by atoms with Crippen molar-refractivity contribution in [3.8, 4) is 22.6 Å². The molecule has 0 bridgehead atoms. The van der Waals surface area contributed by atoms with Crippen molar-refractivity contribution in [2.45, 2.75) is 46.1 Å². The van der Waals surface area contributed by atoms with E-state index in [1.165, 1.54) is 0 Å². The quantitative estimate of drug-likeness (QED) is 0.496. The van der Waals surface area contributed by atoms with Gasteiger partial charge in [-0.3, -0.25) is 4.98 Å². The molecule has 29 heavy (non-hydrogen) atoms. The van der Waals surface area contributed by atoms with Crippen molar-refractivity contribution in [3.63, 3.8) is 0 Å². The third-order valence-corrected chi connectivity index (χ3v) is 4.81. The summed E-state index contributed by atoms with van der Waals surface area (Å²) < 4.78 is 2.01. The molecule has 148 valence electrons. The fourth-order valence-electron chi connectivity index (χ4n) is 3.25. The largest absolute Gasteiger partial charge is 0.256 e. The Bertz CT molecular complexity index is 1050. The van der Waals surface area contributed by atoms with Gasteiger partial charge >= 0.3 is 0 Å². The Morgan fingerprint density at radius 1 is 1.03 bits per heavy atom. The Morgan fingerprint density at radius 3 is 2.59 bits per heavy atom. The van der Waals surface area contributed by atoms with Crippen LogP contribution in [-0.2, 0) is 19.4 Å². The van der Waals surface area contributed by atoms with E-state index < -0.39 is 0 Å². The number of aromatic amines is 1. The molecule has 0 aliphatic rings. The van der Waals surface area contributed by atoms with Gasteiger partial charge in [0.25, 0.3) is 0 Å². The Labute approximate surface area is 169 Å². The van der Waals surface area contributed by atoms with Crippen LogP contribution >= 0.6 is 0 Å². The minimum Gasteiger partial charge on any atom is -0.256 e. The number of unbranched alkanes of at least 4 members (excludes halogenated alkanes) is 1. The average Bonchev–Trinajstić information content (AvgIpc) is 3.43. The third-order valence-electron chi connectivity index (χ3n) is 4.81. The maximum atomic E-state index is 4.69. The molecule has 8 nitrogen and oxygen atoms in total. The topological polar surface area (TPSA) is 98.1 Å². The highest BCUT2D eigenvalue weighted by molar-refractivity contribution is 5.78. The molecule has 3 aromatic heterocycles. The SMILES string of the molecule is CCCCc1nc(CC)nn1Cc1ccc(-c2ccccc2-c2nn[nH]n2)nc1. The highest BCUT2D eigenvalue weighted by atomic mass is 15.5. The molecule has 0 unspecified atom stereocenters. The van der Waals surface area contributed by atoms with Crippen molar-refractivity contribution in [2.24, 2.45) is 0 Å². The van der Waals surface area contributed by atoms with E-state index in [9.17, 15) is 0 Å². The number of nitrogens with one attached hydrogen (secondary N) is 1. The molecule has 0 radical (unpaired) electrons. The first-order valence-corrected chi connectivity index (χ1v) is 9.99. The van der Waals surface area contributed by atoms with Crippen molar-refractivity contribution < 1.29 is 0 Å². The van der Waals surface area contributed by atoms with Crippen LogP contribution in [-0.4, -0.2) is 40.4 Å². The van der Waals surface area contributed by atoms with Gasteiger partial charge < -0.3 is 0 Å². The molecule has 0 atom stereocenters. The normalized spacial score (nSPS) is 11.1. The fraction of sp³-hybridized carbons (Fsp3) is 0.333. The first-order chi connectivity index (χ1) is 14.3. The first kappa shape index (κ1) is 18.9. The van der Waals surface area contributed by atoms with Gasteiger partial charge in [-0.05, 0) is 23.3 Å². The lowest BCUT2D eigenvalue weighted by atomic mass is 10.0. The lowest BCUT2D eigenvalue weighted by molar-refractivity contribution is 0.613. The number of tetrazole rings is 1. The van der Waals surface area contributed by atoms with E-state index in [1.807, 2.05) is 41.2 Å². The van der Waals surface area contributed by atoms with Gasteiger partial charge in [0.15, 0.2) is 5.82 Å². The van der Waals surface area contributed by atoms with Crippen LogP contribution in [0.25, 0.3) is 22.6 Å². The summed E-state index contributed by atoms with van der Waals surface area (Å²) in [5.74, 6) is 2.51. The molecule has 8 heteroatoms. The number of rotatable bonds is 8. The van der Waals surface area contributed by atoms with Crippen LogP contribution in [0, 0.1) is 0 Å². The van der Waals surface area contributed by atoms with E-state index in [1.54, 1.807) is 0 Å². The van der Waals surface area contributed by atoms with Gasteiger partial charge in [0.2, 0.25) is 5.82 Å². The van der Waals surface area contributed by atoms with Crippen LogP contribution in [0.1, 0.15) is 43.9 Å². The van der Waals surface area contributed by atoms with Crippen LogP contribution in [0.4, 0.5) is 0 Å². The fourth-order valence-corrected chi connectivity index (χ4v) is 3.25. The van der Waals surface area contributed by atoms with E-state index >= 15 is 0 Å². The van der Waals surface area contributed by atoms with E-state index in [2.05, 4.69) is 55.6 Å². The summed E-state index contributed by atoms with van der Waals surface area (Å²) in [5, 5.41) is 19.0. The van der Waals surface area contributed by atoms with Crippen molar-refractivity contribution in [1.29, 1.82) is 0 Å². The van der Waals surface area contributed by atoms with Gasteiger partial charge in [0.05, 0.1) is 12.2 Å². The molecule has 0 saturated carbocycles. The highest BCUT2D eigenvalue weighted by Gasteiger charge is 2.13. The molecule has 0 fully saturated rings. The van der Waals surface area contributed by atoms with Crippen LogP contribution in [0.2, 0.25) is 0 Å². The molecule has 3 heterocycles. The first-order valence-electron chi connectivity index (χ1n) is 9.99. The second-order valence-corrected chi connectivity index (χ2v) is 6.89. The Morgan fingerprint density at radius 2 is 1.90 bits per heavy atom. The summed E-state index contributed by atoms with van der Waals surface area (Å²) in [5.41, 5.74) is 3.83. The van der Waals surface area contributed by atoms with E-state index in [4.69, 9.17) is 0 Å². The molecule has 0 spiro atoms. The monoisotopic (exact) mass is 388 g/mol. The van der Waals surface area contributed by atoms with Gasteiger partial charge in [-0.2, -0.15) is 10.3 Å². The van der Waals surface area contributed by atoms with Gasteiger partial charge in [0, 0.05) is 30.2 Å². The molecule has 0 saturated heterocycles. The molecular weight excluding hydrogens is 364 g/mol. The molecule has 1 N–H and O–H groups in total. The highest BCUT2D eigenvalue weighted by Crippen LogP contribution is 2.28. The predicted octanol–water partition coefficient (Wildman–Crippen LogP) is 3.47. The molecule has 1 aromatic carbocycles. The standard InChI is InChI=1S/C21H24N8/c1-3-5-10-20-23-19(4-2)26-29(20)14-15-11-12-18(22-13-15)16-8-6-7-9-17(16)21-24-27-28-25-21/h6-9,11-13H,3-5,10,14H2,1-2H3,(H,24,25,27,28). The number of pyridine rings is 1. The summed E-state index contributed by atoms with van der Waals surface area (Å²) in [6.07, 6.45) is 5.96. The Hall–Kier alpha value is -3.42. The van der Waals surface area contributed by atoms with Crippen molar-refractivity contribution >= 4 is 0 Å². The third kappa shape index (κ3) is 4.21. The summed E-state index contributed by atoms with van der Waals surface area (Å²) >= 11 is 0. The van der Waals surface area contributed by atoms with Crippen molar-refractivity contribution in [3.05, 3.63) is 59.8 Å². The minimum atomic E-state index is 0.557. The lowest BCUT2D eigenvalue weighted by Crippen LogP contribution is -2.07. The molecular formula is C21H24N8. The molecule has 0 amide bonds. The van der Waals surface area contributed by atoms with Gasteiger partial charge in [-0.15, -0.1) is 10.2 Å². The molecule has 4 aromatic rings. The average molecular weight is 388 g/mol. The number of hydrogen-bond donors (Lipinski definition) is 1. The zero-order chi connectivity index (χ0) is 20.1. The summed E-state index contributed by atoms with van der Waals surface area (Å²) in [6, 6.07) is 12.0. The zero-order valence-electron chi connectivity index (χ0n) is 16.7. The number of aromatic nitrogens is 8. The maximum Gasteiger partial charge on any atom is 0.205 e. The maximum absolute atomic E-state index is 4.69. The van der Waals surface area contributed by atoms with E-state index in [0.717, 1.165) is 59.7 Å². The predicted molar refractivity (Wildman–Crippen MR) is 110 cm³/mol. The lowest BCUT2D eigenvalue weighted by Gasteiger charge is -2.08. The number of H-pyrrole nitrogens is 1.